The fourth-order valence-electron chi connectivity index (χ4n) is 4.56. The fraction of sp³-hybridized carbons (Fsp3) is 0.630. The van der Waals surface area contributed by atoms with Crippen LogP contribution in [0.15, 0.2) is 36.9 Å². The van der Waals surface area contributed by atoms with E-state index in [1.165, 1.54) is 17.0 Å². The normalized spacial score (nSPS) is 23.1. The van der Waals surface area contributed by atoms with Crippen LogP contribution in [0.3, 0.4) is 0 Å². The van der Waals surface area contributed by atoms with E-state index in [0.29, 0.717) is 37.9 Å². The summed E-state index contributed by atoms with van der Waals surface area (Å²) >= 11 is 0. The van der Waals surface area contributed by atoms with Gasteiger partial charge >= 0.3 is 6.09 Å². The molecule has 2 fully saturated rings. The zero-order valence-corrected chi connectivity index (χ0v) is 21.1. The molecule has 7 nitrogen and oxygen atoms in total. The number of hydrogen-bond donors (Lipinski definition) is 1. The maximum absolute atomic E-state index is 13.4. The molecule has 0 unspecified atom stereocenters. The molecule has 0 aromatic heterocycles. The summed E-state index contributed by atoms with van der Waals surface area (Å²) in [5.41, 5.74) is 0.409. The Bertz CT molecular complexity index is 960. The third-order valence-electron chi connectivity index (χ3n) is 6.41. The van der Waals surface area contributed by atoms with Crippen molar-refractivity contribution >= 4 is 12.0 Å². The Labute approximate surface area is 213 Å². The number of ether oxygens (including phenoxy) is 1. The van der Waals surface area contributed by atoms with E-state index in [4.69, 9.17) is 8.85 Å². The standard InChI is InChI=1S/C27H41FN4O3/c1-6-13-31(24-19-22(24)20-9-11-21(28)12-10-20)14-7-8-23(29-26(34)35-27(2,3)4)25(33)32-17-15-30(5)16-18-32/h6,9-12,22-24H,1,7-8,13-19H2,2-5H3,(H,29,34)/t22-,23-,24+/m0/s1/i5D3. The Morgan fingerprint density at radius 1 is 1.29 bits per heavy atom. The van der Waals surface area contributed by atoms with Gasteiger partial charge in [0.1, 0.15) is 17.5 Å². The Hall–Kier alpha value is -2.45. The topological polar surface area (TPSA) is 65.1 Å². The van der Waals surface area contributed by atoms with Crippen molar-refractivity contribution in [2.24, 2.45) is 0 Å². The molecule has 2 aliphatic rings. The van der Waals surface area contributed by atoms with Crippen molar-refractivity contribution in [1.29, 1.82) is 0 Å². The monoisotopic (exact) mass is 491 g/mol. The van der Waals surface area contributed by atoms with E-state index in [1.54, 1.807) is 25.7 Å². The van der Waals surface area contributed by atoms with E-state index in [2.05, 4.69) is 16.8 Å². The molecule has 0 bridgehead atoms. The number of alkyl carbamates (subject to hydrolysis) is 1. The molecule has 8 heteroatoms. The van der Waals surface area contributed by atoms with Crippen molar-refractivity contribution in [2.75, 3.05) is 46.2 Å². The molecule has 1 aromatic carbocycles. The Morgan fingerprint density at radius 2 is 1.97 bits per heavy atom. The van der Waals surface area contributed by atoms with E-state index in [9.17, 15) is 14.0 Å². The number of amides is 2. The predicted octanol–water partition coefficient (Wildman–Crippen LogP) is 3.62. The minimum Gasteiger partial charge on any atom is -0.444 e. The van der Waals surface area contributed by atoms with Crippen molar-refractivity contribution < 1.29 is 22.8 Å². The van der Waals surface area contributed by atoms with Crippen LogP contribution in [0, 0.1) is 5.82 Å². The quantitative estimate of drug-likeness (QED) is 0.507. The second-order valence-electron chi connectivity index (χ2n) is 10.4. The third kappa shape index (κ3) is 8.32. The highest BCUT2D eigenvalue weighted by atomic mass is 19.1. The number of rotatable bonds is 10. The molecule has 3 rings (SSSR count). The van der Waals surface area contributed by atoms with Gasteiger partial charge in [-0.15, -0.1) is 6.58 Å². The van der Waals surface area contributed by atoms with Crippen LogP contribution < -0.4 is 5.32 Å². The molecule has 1 aliphatic heterocycles. The maximum atomic E-state index is 13.4. The second-order valence-corrected chi connectivity index (χ2v) is 10.4. The maximum Gasteiger partial charge on any atom is 0.408 e. The van der Waals surface area contributed by atoms with Crippen LogP contribution in [0.25, 0.3) is 0 Å². The van der Waals surface area contributed by atoms with Gasteiger partial charge in [0.2, 0.25) is 5.91 Å². The van der Waals surface area contributed by atoms with Crippen LogP contribution in [0.1, 0.15) is 55.6 Å². The largest absolute Gasteiger partial charge is 0.444 e. The lowest BCUT2D eigenvalue weighted by Crippen LogP contribution is -2.54. The molecule has 1 saturated heterocycles. The molecule has 3 atom stereocenters. The van der Waals surface area contributed by atoms with Gasteiger partial charge in [-0.05, 0) is 71.3 Å². The number of carbonyl (C=O) groups excluding carboxylic acids is 2. The zero-order chi connectivity index (χ0) is 28.1. The number of likely N-dealkylation sites (N-methyl/N-ethyl adjacent to an activating group) is 1. The first-order valence-electron chi connectivity index (χ1n) is 13.9. The molecule has 0 spiro atoms. The second kappa shape index (κ2) is 12.0. The molecule has 1 aromatic rings. The number of nitrogens with zero attached hydrogens (tertiary/aromatic N) is 3. The van der Waals surface area contributed by atoms with Crippen molar-refractivity contribution in [3.05, 3.63) is 48.3 Å². The molecule has 0 radical (unpaired) electrons. The number of halogens is 1. The summed E-state index contributed by atoms with van der Waals surface area (Å²) in [6.45, 7) is 9.45. The highest BCUT2D eigenvalue weighted by Crippen LogP contribution is 2.44. The summed E-state index contributed by atoms with van der Waals surface area (Å²) in [6.07, 6.45) is 3.25. The van der Waals surface area contributed by atoms with E-state index >= 15 is 0 Å². The Kier molecular flexibility index (Phi) is 7.87. The van der Waals surface area contributed by atoms with Crippen LogP contribution in [0.2, 0.25) is 0 Å². The number of hydrogen-bond acceptors (Lipinski definition) is 5. The highest BCUT2D eigenvalue weighted by molar-refractivity contribution is 5.85. The van der Waals surface area contributed by atoms with Crippen molar-refractivity contribution in [2.45, 2.75) is 63.6 Å². The molecule has 35 heavy (non-hydrogen) atoms. The van der Waals surface area contributed by atoms with Crippen molar-refractivity contribution in [3.8, 4) is 0 Å². The summed E-state index contributed by atoms with van der Waals surface area (Å²) < 4.78 is 41.5. The first kappa shape index (κ1) is 23.0. The predicted molar refractivity (Wildman–Crippen MR) is 136 cm³/mol. The summed E-state index contributed by atoms with van der Waals surface area (Å²) in [7, 11) is 0. The van der Waals surface area contributed by atoms with E-state index < -0.39 is 24.7 Å². The van der Waals surface area contributed by atoms with Gasteiger partial charge in [-0.25, -0.2) is 9.18 Å². The smallest absolute Gasteiger partial charge is 0.408 e. The number of piperazine rings is 1. The van der Waals surface area contributed by atoms with Crippen molar-refractivity contribution in [3.63, 3.8) is 0 Å². The number of nitrogens with one attached hydrogen (secondary N) is 1. The highest BCUT2D eigenvalue weighted by Gasteiger charge is 2.42. The lowest BCUT2D eigenvalue weighted by Gasteiger charge is -2.35. The Morgan fingerprint density at radius 3 is 2.57 bits per heavy atom. The summed E-state index contributed by atoms with van der Waals surface area (Å²) in [5.74, 6) is -0.142. The van der Waals surface area contributed by atoms with Gasteiger partial charge in [0.25, 0.3) is 0 Å². The van der Waals surface area contributed by atoms with Crippen LogP contribution in [0.4, 0.5) is 9.18 Å². The lowest BCUT2D eigenvalue weighted by atomic mass is 10.1. The average molecular weight is 492 g/mol. The molecule has 1 saturated carbocycles. The zero-order valence-electron chi connectivity index (χ0n) is 24.1. The minimum absolute atomic E-state index is 0.230. The first-order chi connectivity index (χ1) is 17.8. The SMILES string of the molecule is [2H]C([2H])([2H])N1CCN(C(=O)[C@H](CCCN(CC=C)[C@@H]2C[C@H]2c2ccc(F)cc2)NC(=O)OC(C)(C)C)CC1. The molecular formula is C27H41FN4O3. The van der Waals surface area contributed by atoms with E-state index in [0.717, 1.165) is 12.0 Å². The lowest BCUT2D eigenvalue weighted by molar-refractivity contribution is -0.135. The summed E-state index contributed by atoms with van der Waals surface area (Å²) in [5, 5.41) is 2.75. The van der Waals surface area contributed by atoms with Crippen LogP contribution in [-0.2, 0) is 9.53 Å². The van der Waals surface area contributed by atoms with Gasteiger partial charge in [0.05, 0.1) is 0 Å². The van der Waals surface area contributed by atoms with Gasteiger partial charge in [0.15, 0.2) is 0 Å². The van der Waals surface area contributed by atoms with Gasteiger partial charge < -0.3 is 19.9 Å². The van der Waals surface area contributed by atoms with Crippen LogP contribution in [0.5, 0.6) is 0 Å². The summed E-state index contributed by atoms with van der Waals surface area (Å²) in [4.78, 5) is 31.3. The fourth-order valence-corrected chi connectivity index (χ4v) is 4.56. The van der Waals surface area contributed by atoms with E-state index in [1.807, 2.05) is 18.2 Å². The van der Waals surface area contributed by atoms with Crippen LogP contribution >= 0.6 is 0 Å². The molecule has 2 amide bonds. The number of benzene rings is 1. The average Bonchev–Trinajstić information content (AvgIpc) is 3.62. The van der Waals surface area contributed by atoms with Gasteiger partial charge in [-0.1, -0.05) is 18.2 Å². The van der Waals surface area contributed by atoms with Gasteiger partial charge in [-0.3, -0.25) is 9.69 Å². The minimum atomic E-state index is -2.19. The Balaban J connectivity index is 1.60. The molecular weight excluding hydrogens is 447 g/mol. The molecule has 194 valence electrons. The van der Waals surface area contributed by atoms with Crippen molar-refractivity contribution in [1.82, 2.24) is 20.0 Å². The third-order valence-corrected chi connectivity index (χ3v) is 6.41. The van der Waals surface area contributed by atoms with Gasteiger partial charge in [0, 0.05) is 48.8 Å². The summed E-state index contributed by atoms with van der Waals surface area (Å²) in [6, 6.07) is 6.17. The molecule has 1 heterocycles. The van der Waals surface area contributed by atoms with E-state index in [-0.39, 0.29) is 37.9 Å². The number of carbonyl (C=O) groups is 2. The first-order valence-corrected chi connectivity index (χ1v) is 12.4. The molecule has 1 N–H and O–H groups in total. The van der Waals surface area contributed by atoms with Gasteiger partial charge in [-0.2, -0.15) is 0 Å². The van der Waals surface area contributed by atoms with Crippen LogP contribution in [-0.4, -0.2) is 90.6 Å². The molecule has 1 aliphatic carbocycles.